The molecule has 0 fully saturated rings. The van der Waals surface area contributed by atoms with Crippen LogP contribution in [0.1, 0.15) is 49.5 Å². The SMILES string of the molecule is CCCCCCCOc1cccc(CNCc2cccs2)c1. The zero-order valence-electron chi connectivity index (χ0n) is 13.5. The number of benzene rings is 1. The quantitative estimate of drug-likeness (QED) is 0.561. The molecule has 2 nitrogen and oxygen atoms in total. The molecule has 2 aromatic rings. The smallest absolute Gasteiger partial charge is 0.119 e. The molecule has 0 amide bonds. The van der Waals surface area contributed by atoms with Crippen molar-refractivity contribution in [3.05, 3.63) is 52.2 Å². The van der Waals surface area contributed by atoms with Gasteiger partial charge in [-0.25, -0.2) is 0 Å². The van der Waals surface area contributed by atoms with Gasteiger partial charge in [0.05, 0.1) is 6.61 Å². The first-order valence-corrected chi connectivity index (χ1v) is 9.21. The van der Waals surface area contributed by atoms with Crippen LogP contribution in [-0.2, 0) is 13.1 Å². The van der Waals surface area contributed by atoms with Crippen LogP contribution in [0.4, 0.5) is 0 Å². The van der Waals surface area contributed by atoms with E-state index in [4.69, 9.17) is 4.74 Å². The van der Waals surface area contributed by atoms with E-state index >= 15 is 0 Å². The highest BCUT2D eigenvalue weighted by atomic mass is 32.1. The van der Waals surface area contributed by atoms with Gasteiger partial charge in [0.1, 0.15) is 5.75 Å². The van der Waals surface area contributed by atoms with E-state index in [1.54, 1.807) is 11.3 Å². The van der Waals surface area contributed by atoms with Gasteiger partial charge in [-0.1, -0.05) is 50.8 Å². The maximum Gasteiger partial charge on any atom is 0.119 e. The summed E-state index contributed by atoms with van der Waals surface area (Å²) in [5, 5.41) is 5.59. The Hall–Kier alpha value is -1.32. The van der Waals surface area contributed by atoms with Crippen LogP contribution in [0.3, 0.4) is 0 Å². The minimum absolute atomic E-state index is 0.829. The monoisotopic (exact) mass is 317 g/mol. The Labute approximate surface area is 138 Å². The molecule has 3 heteroatoms. The first-order valence-electron chi connectivity index (χ1n) is 8.33. The van der Waals surface area contributed by atoms with Crippen molar-refractivity contribution in [3.8, 4) is 5.75 Å². The molecule has 0 aliphatic heterocycles. The molecule has 0 unspecified atom stereocenters. The van der Waals surface area contributed by atoms with Crippen molar-refractivity contribution >= 4 is 11.3 Å². The summed E-state index contributed by atoms with van der Waals surface area (Å²) in [7, 11) is 0. The van der Waals surface area contributed by atoms with Gasteiger partial charge in [-0.05, 0) is 35.6 Å². The minimum atomic E-state index is 0.829. The Bertz CT molecular complexity index is 510. The van der Waals surface area contributed by atoms with Gasteiger partial charge in [0.15, 0.2) is 0 Å². The first-order chi connectivity index (χ1) is 10.9. The molecule has 0 radical (unpaired) electrons. The molecule has 0 saturated heterocycles. The molecule has 0 atom stereocenters. The maximum atomic E-state index is 5.85. The van der Waals surface area contributed by atoms with Crippen molar-refractivity contribution in [2.45, 2.75) is 52.1 Å². The van der Waals surface area contributed by atoms with E-state index in [9.17, 15) is 0 Å². The number of unbranched alkanes of at least 4 members (excludes halogenated alkanes) is 4. The third-order valence-electron chi connectivity index (χ3n) is 3.62. The lowest BCUT2D eigenvalue weighted by Gasteiger charge is -2.09. The summed E-state index contributed by atoms with van der Waals surface area (Å²) in [6.07, 6.45) is 6.38. The largest absolute Gasteiger partial charge is 0.494 e. The highest BCUT2D eigenvalue weighted by Gasteiger charge is 1.99. The predicted molar refractivity (Wildman–Crippen MR) is 95.6 cm³/mol. The average molecular weight is 317 g/mol. The van der Waals surface area contributed by atoms with E-state index in [0.717, 1.165) is 31.9 Å². The fourth-order valence-electron chi connectivity index (χ4n) is 2.38. The maximum absolute atomic E-state index is 5.85. The summed E-state index contributed by atoms with van der Waals surface area (Å²) in [6.45, 7) is 4.88. The topological polar surface area (TPSA) is 21.3 Å². The molecule has 120 valence electrons. The second-order valence-electron chi connectivity index (χ2n) is 5.59. The number of hydrogen-bond acceptors (Lipinski definition) is 3. The van der Waals surface area contributed by atoms with E-state index in [1.807, 2.05) is 0 Å². The number of ether oxygens (including phenoxy) is 1. The minimum Gasteiger partial charge on any atom is -0.494 e. The van der Waals surface area contributed by atoms with Gasteiger partial charge in [-0.3, -0.25) is 0 Å². The van der Waals surface area contributed by atoms with Crippen LogP contribution in [0, 0.1) is 0 Å². The Balaban J connectivity index is 1.66. The van der Waals surface area contributed by atoms with Gasteiger partial charge >= 0.3 is 0 Å². The molecule has 0 bridgehead atoms. The van der Waals surface area contributed by atoms with Crippen molar-refractivity contribution in [2.75, 3.05) is 6.61 Å². The molecule has 1 aromatic carbocycles. The molecule has 0 aliphatic carbocycles. The molecule has 0 spiro atoms. The van der Waals surface area contributed by atoms with Gasteiger partial charge in [0.2, 0.25) is 0 Å². The summed E-state index contributed by atoms with van der Waals surface area (Å²) < 4.78 is 5.85. The lowest BCUT2D eigenvalue weighted by Crippen LogP contribution is -2.11. The zero-order chi connectivity index (χ0) is 15.5. The Morgan fingerprint density at radius 1 is 1.00 bits per heavy atom. The van der Waals surface area contributed by atoms with Crippen LogP contribution in [-0.4, -0.2) is 6.61 Å². The second-order valence-corrected chi connectivity index (χ2v) is 6.63. The van der Waals surface area contributed by atoms with Crippen LogP contribution in [0.5, 0.6) is 5.75 Å². The molecule has 0 saturated carbocycles. The van der Waals surface area contributed by atoms with Gasteiger partial charge in [-0.15, -0.1) is 11.3 Å². The number of hydrogen-bond donors (Lipinski definition) is 1. The van der Waals surface area contributed by atoms with Gasteiger partial charge in [0, 0.05) is 18.0 Å². The zero-order valence-corrected chi connectivity index (χ0v) is 14.3. The van der Waals surface area contributed by atoms with Crippen LogP contribution >= 0.6 is 11.3 Å². The molecule has 1 N–H and O–H groups in total. The van der Waals surface area contributed by atoms with E-state index in [0.29, 0.717) is 0 Å². The van der Waals surface area contributed by atoms with Gasteiger partial charge in [0.25, 0.3) is 0 Å². The summed E-state index contributed by atoms with van der Waals surface area (Å²) in [6, 6.07) is 12.7. The predicted octanol–water partition coefficient (Wildman–Crippen LogP) is 5.39. The Morgan fingerprint density at radius 3 is 2.73 bits per heavy atom. The van der Waals surface area contributed by atoms with Gasteiger partial charge < -0.3 is 10.1 Å². The molecule has 2 rings (SSSR count). The fourth-order valence-corrected chi connectivity index (χ4v) is 3.06. The molecule has 1 heterocycles. The van der Waals surface area contributed by atoms with E-state index in [2.05, 4.69) is 54.0 Å². The van der Waals surface area contributed by atoms with E-state index in [1.165, 1.54) is 36.1 Å². The van der Waals surface area contributed by atoms with Crippen LogP contribution in [0.15, 0.2) is 41.8 Å². The van der Waals surface area contributed by atoms with Crippen LogP contribution in [0.25, 0.3) is 0 Å². The normalized spacial score (nSPS) is 10.8. The summed E-state index contributed by atoms with van der Waals surface area (Å²) >= 11 is 1.79. The molecule has 22 heavy (non-hydrogen) atoms. The van der Waals surface area contributed by atoms with E-state index in [-0.39, 0.29) is 0 Å². The van der Waals surface area contributed by atoms with Crippen molar-refractivity contribution in [1.29, 1.82) is 0 Å². The summed E-state index contributed by atoms with van der Waals surface area (Å²) in [5.41, 5.74) is 1.28. The lowest BCUT2D eigenvalue weighted by atomic mass is 10.2. The third-order valence-corrected chi connectivity index (χ3v) is 4.50. The molecular weight excluding hydrogens is 290 g/mol. The first kappa shape index (κ1) is 17.0. The molecule has 1 aromatic heterocycles. The standard InChI is InChI=1S/C19H27NOS/c1-2-3-4-5-6-12-21-18-10-7-9-17(14-18)15-20-16-19-11-8-13-22-19/h7-11,13-14,20H,2-6,12,15-16H2,1H3. The highest BCUT2D eigenvalue weighted by molar-refractivity contribution is 7.09. The third kappa shape index (κ3) is 6.63. The van der Waals surface area contributed by atoms with Crippen molar-refractivity contribution in [2.24, 2.45) is 0 Å². The van der Waals surface area contributed by atoms with Crippen molar-refractivity contribution < 1.29 is 4.74 Å². The van der Waals surface area contributed by atoms with Crippen molar-refractivity contribution in [3.63, 3.8) is 0 Å². The van der Waals surface area contributed by atoms with Gasteiger partial charge in [-0.2, -0.15) is 0 Å². The van der Waals surface area contributed by atoms with Crippen molar-refractivity contribution in [1.82, 2.24) is 5.32 Å². The van der Waals surface area contributed by atoms with E-state index < -0.39 is 0 Å². The number of thiophene rings is 1. The Morgan fingerprint density at radius 2 is 1.91 bits per heavy atom. The number of nitrogens with one attached hydrogen (secondary N) is 1. The highest BCUT2D eigenvalue weighted by Crippen LogP contribution is 2.15. The fraction of sp³-hybridized carbons (Fsp3) is 0.474. The summed E-state index contributed by atoms with van der Waals surface area (Å²) in [5.74, 6) is 0.992. The van der Waals surface area contributed by atoms with Crippen LogP contribution in [0.2, 0.25) is 0 Å². The molecule has 0 aliphatic rings. The lowest BCUT2D eigenvalue weighted by molar-refractivity contribution is 0.304. The summed E-state index contributed by atoms with van der Waals surface area (Å²) in [4.78, 5) is 1.37. The average Bonchev–Trinajstić information content (AvgIpc) is 3.05. The molecular formula is C19H27NOS. The number of rotatable bonds is 11. The Kier molecular flexibility index (Phi) is 8.07. The second kappa shape index (κ2) is 10.4. The van der Waals surface area contributed by atoms with Crippen LogP contribution < -0.4 is 10.1 Å².